The Morgan fingerprint density at radius 1 is 0.870 bits per heavy atom. The van der Waals surface area contributed by atoms with Gasteiger partial charge in [-0.1, -0.05) is 32.1 Å². The average molecular weight is 344 g/mol. The Bertz CT molecular complexity index is 435. The Labute approximate surface area is 146 Å². The van der Waals surface area contributed by atoms with Crippen LogP contribution in [-0.4, -0.2) is 27.4 Å². The second kappa shape index (κ2) is 10.6. The van der Waals surface area contributed by atoms with Crippen LogP contribution in [0.25, 0.3) is 0 Å². The summed E-state index contributed by atoms with van der Waals surface area (Å²) in [6.45, 7) is 0.765. The first-order valence-electron chi connectivity index (χ1n) is 8.30. The molecular weight excluding hydrogens is 314 g/mol. The zero-order valence-corrected chi connectivity index (χ0v) is 15.3. The third kappa shape index (κ3) is 5.78. The molecule has 1 fully saturated rings. The lowest BCUT2D eigenvalue weighted by molar-refractivity contribution is 0.355. The van der Waals surface area contributed by atoms with Crippen molar-refractivity contribution in [2.45, 2.75) is 57.5 Å². The van der Waals surface area contributed by atoms with Crippen LogP contribution in [0.1, 0.15) is 50.5 Å². The van der Waals surface area contributed by atoms with Crippen LogP contribution < -0.4 is 19.5 Å². The summed E-state index contributed by atoms with van der Waals surface area (Å²) in [5, 5.41) is 3.69. The van der Waals surface area contributed by atoms with Gasteiger partial charge in [0.2, 0.25) is 0 Å². The molecule has 1 aliphatic rings. The van der Waals surface area contributed by atoms with Gasteiger partial charge in [0.15, 0.2) is 0 Å². The van der Waals surface area contributed by atoms with Gasteiger partial charge in [-0.15, -0.1) is 12.4 Å². The summed E-state index contributed by atoms with van der Waals surface area (Å²) in [4.78, 5) is 0. The van der Waals surface area contributed by atoms with Crippen LogP contribution in [-0.2, 0) is 6.54 Å². The van der Waals surface area contributed by atoms with Crippen LogP contribution in [0.4, 0.5) is 0 Å². The van der Waals surface area contributed by atoms with Gasteiger partial charge in [0.25, 0.3) is 0 Å². The van der Waals surface area contributed by atoms with Gasteiger partial charge in [0.05, 0.1) is 26.9 Å². The maximum absolute atomic E-state index is 5.51. The minimum absolute atomic E-state index is 0. The van der Waals surface area contributed by atoms with Gasteiger partial charge in [-0.3, -0.25) is 0 Å². The SMILES string of the molecule is COc1cc(OC)c(CNC2CCCCCCC2)c(OC)c1.Cl. The molecule has 0 spiro atoms. The van der Waals surface area contributed by atoms with Crippen LogP contribution in [0, 0.1) is 0 Å². The lowest BCUT2D eigenvalue weighted by Crippen LogP contribution is -2.29. The highest BCUT2D eigenvalue weighted by molar-refractivity contribution is 5.85. The van der Waals surface area contributed by atoms with Gasteiger partial charge < -0.3 is 19.5 Å². The highest BCUT2D eigenvalue weighted by atomic mass is 35.5. The Morgan fingerprint density at radius 2 is 1.39 bits per heavy atom. The summed E-state index contributed by atoms with van der Waals surface area (Å²) in [5.74, 6) is 2.38. The first kappa shape index (κ1) is 19.9. The minimum atomic E-state index is 0. The topological polar surface area (TPSA) is 39.7 Å². The van der Waals surface area contributed by atoms with E-state index in [4.69, 9.17) is 14.2 Å². The molecule has 0 amide bonds. The molecule has 23 heavy (non-hydrogen) atoms. The molecular formula is C18H30ClNO3. The summed E-state index contributed by atoms with van der Waals surface area (Å²) in [6, 6.07) is 4.42. The molecule has 0 saturated heterocycles. The predicted molar refractivity (Wildman–Crippen MR) is 96.3 cm³/mol. The summed E-state index contributed by atoms with van der Waals surface area (Å²) < 4.78 is 16.3. The van der Waals surface area contributed by atoms with E-state index in [1.807, 2.05) is 12.1 Å². The fraction of sp³-hybridized carbons (Fsp3) is 0.667. The Hall–Kier alpha value is -1.13. The molecule has 1 aromatic carbocycles. The number of nitrogens with one attached hydrogen (secondary N) is 1. The maximum Gasteiger partial charge on any atom is 0.130 e. The molecule has 1 saturated carbocycles. The van der Waals surface area contributed by atoms with Crippen molar-refractivity contribution < 1.29 is 14.2 Å². The molecule has 2 rings (SSSR count). The second-order valence-electron chi connectivity index (χ2n) is 5.93. The third-order valence-corrected chi connectivity index (χ3v) is 4.49. The summed E-state index contributed by atoms with van der Waals surface area (Å²) in [6.07, 6.45) is 9.32. The van der Waals surface area contributed by atoms with Crippen molar-refractivity contribution in [3.05, 3.63) is 17.7 Å². The molecule has 132 valence electrons. The molecule has 0 atom stereocenters. The van der Waals surface area contributed by atoms with Crippen molar-refractivity contribution in [3.8, 4) is 17.2 Å². The number of hydrogen-bond acceptors (Lipinski definition) is 4. The van der Waals surface area contributed by atoms with E-state index >= 15 is 0 Å². The monoisotopic (exact) mass is 343 g/mol. The lowest BCUT2D eigenvalue weighted by atomic mass is 9.96. The summed E-state index contributed by atoms with van der Waals surface area (Å²) >= 11 is 0. The van der Waals surface area contributed by atoms with E-state index in [0.29, 0.717) is 6.04 Å². The molecule has 1 aliphatic carbocycles. The quantitative estimate of drug-likeness (QED) is 0.834. The Kier molecular flexibility index (Phi) is 9.19. The van der Waals surface area contributed by atoms with E-state index in [0.717, 1.165) is 29.4 Å². The minimum Gasteiger partial charge on any atom is -0.496 e. The maximum atomic E-state index is 5.51. The van der Waals surface area contributed by atoms with E-state index in [9.17, 15) is 0 Å². The van der Waals surface area contributed by atoms with E-state index in [1.165, 1.54) is 44.9 Å². The van der Waals surface area contributed by atoms with Crippen molar-refractivity contribution >= 4 is 12.4 Å². The predicted octanol–water partition coefficient (Wildman–Crippen LogP) is 4.34. The molecule has 0 aliphatic heterocycles. The van der Waals surface area contributed by atoms with Crippen molar-refractivity contribution in [1.82, 2.24) is 5.32 Å². The third-order valence-electron chi connectivity index (χ3n) is 4.49. The standard InChI is InChI=1S/C18H29NO3.ClH/c1-20-15-11-17(21-2)16(18(12-15)22-3)13-19-14-9-7-5-4-6-8-10-14;/h11-12,14,19H,4-10,13H2,1-3H3;1H. The van der Waals surface area contributed by atoms with Crippen LogP contribution in [0.5, 0.6) is 17.2 Å². The number of methoxy groups -OCH3 is 3. The fourth-order valence-electron chi connectivity index (χ4n) is 3.16. The zero-order chi connectivity index (χ0) is 15.8. The van der Waals surface area contributed by atoms with E-state index in [2.05, 4.69) is 5.32 Å². The first-order chi connectivity index (χ1) is 10.8. The van der Waals surface area contributed by atoms with Crippen LogP contribution in [0.15, 0.2) is 12.1 Å². The van der Waals surface area contributed by atoms with E-state index in [-0.39, 0.29) is 12.4 Å². The molecule has 0 unspecified atom stereocenters. The van der Waals surface area contributed by atoms with Gasteiger partial charge in [-0.2, -0.15) is 0 Å². The Morgan fingerprint density at radius 3 is 1.87 bits per heavy atom. The van der Waals surface area contributed by atoms with Crippen molar-refractivity contribution in [2.75, 3.05) is 21.3 Å². The van der Waals surface area contributed by atoms with Crippen LogP contribution in [0.2, 0.25) is 0 Å². The number of rotatable bonds is 6. The molecule has 1 N–H and O–H groups in total. The van der Waals surface area contributed by atoms with Gasteiger partial charge in [-0.25, -0.2) is 0 Å². The summed E-state index contributed by atoms with van der Waals surface area (Å²) in [5.41, 5.74) is 1.06. The number of halogens is 1. The number of benzene rings is 1. The molecule has 5 heteroatoms. The van der Waals surface area contributed by atoms with Crippen LogP contribution in [0.3, 0.4) is 0 Å². The largest absolute Gasteiger partial charge is 0.496 e. The number of hydrogen-bond donors (Lipinski definition) is 1. The number of ether oxygens (including phenoxy) is 3. The van der Waals surface area contributed by atoms with Crippen molar-refractivity contribution in [3.63, 3.8) is 0 Å². The molecule has 0 heterocycles. The molecule has 0 bridgehead atoms. The first-order valence-corrected chi connectivity index (χ1v) is 8.30. The molecule has 0 aromatic heterocycles. The van der Waals surface area contributed by atoms with Crippen molar-refractivity contribution in [2.24, 2.45) is 0 Å². The van der Waals surface area contributed by atoms with Gasteiger partial charge in [0.1, 0.15) is 17.2 Å². The van der Waals surface area contributed by atoms with Gasteiger partial charge in [0, 0.05) is 24.7 Å². The van der Waals surface area contributed by atoms with Crippen molar-refractivity contribution in [1.29, 1.82) is 0 Å². The second-order valence-corrected chi connectivity index (χ2v) is 5.93. The molecule has 4 nitrogen and oxygen atoms in total. The normalized spacial score (nSPS) is 16.0. The smallest absolute Gasteiger partial charge is 0.130 e. The summed E-state index contributed by atoms with van der Waals surface area (Å²) in [7, 11) is 5.03. The lowest BCUT2D eigenvalue weighted by Gasteiger charge is -2.22. The van der Waals surface area contributed by atoms with E-state index < -0.39 is 0 Å². The van der Waals surface area contributed by atoms with Crippen LogP contribution >= 0.6 is 12.4 Å². The van der Waals surface area contributed by atoms with Gasteiger partial charge >= 0.3 is 0 Å². The van der Waals surface area contributed by atoms with Gasteiger partial charge in [-0.05, 0) is 12.8 Å². The van der Waals surface area contributed by atoms with E-state index in [1.54, 1.807) is 21.3 Å². The fourth-order valence-corrected chi connectivity index (χ4v) is 3.16. The average Bonchev–Trinajstić information content (AvgIpc) is 2.53. The molecule has 1 aromatic rings. The highest BCUT2D eigenvalue weighted by Crippen LogP contribution is 2.34. The molecule has 0 radical (unpaired) electrons. The highest BCUT2D eigenvalue weighted by Gasteiger charge is 2.16. The Balaban J connectivity index is 0.00000264. The zero-order valence-electron chi connectivity index (χ0n) is 14.5.